The molecular weight excluding hydrogens is 270 g/mol. The van der Waals surface area contributed by atoms with E-state index in [4.69, 9.17) is 4.74 Å². The molecular formula is C20H19NO. The van der Waals surface area contributed by atoms with Gasteiger partial charge in [0.2, 0.25) is 0 Å². The lowest BCUT2D eigenvalue weighted by atomic mass is 9.89. The maximum Gasteiger partial charge on any atom is 0.119 e. The van der Waals surface area contributed by atoms with Gasteiger partial charge in [0.05, 0.1) is 13.2 Å². The first-order valence-electron chi connectivity index (χ1n) is 7.74. The van der Waals surface area contributed by atoms with Crippen LogP contribution in [-0.2, 0) is 6.42 Å². The zero-order valence-corrected chi connectivity index (χ0v) is 12.7. The fraction of sp³-hybridized carbons (Fsp3) is 0.200. The Hall–Kier alpha value is -2.32. The van der Waals surface area contributed by atoms with Crippen molar-refractivity contribution in [2.24, 2.45) is 0 Å². The van der Waals surface area contributed by atoms with Crippen molar-refractivity contribution in [1.82, 2.24) is 5.32 Å². The van der Waals surface area contributed by atoms with Gasteiger partial charge >= 0.3 is 0 Å². The SMILES string of the molecule is COc1ccc2c(c1)CCNC2c1ccc2ccccc2c1. The Morgan fingerprint density at radius 3 is 2.68 bits per heavy atom. The molecule has 0 bridgehead atoms. The van der Waals surface area contributed by atoms with Crippen LogP contribution in [0.5, 0.6) is 5.75 Å². The fourth-order valence-electron chi connectivity index (χ4n) is 3.35. The van der Waals surface area contributed by atoms with Gasteiger partial charge in [-0.1, -0.05) is 42.5 Å². The molecule has 0 spiro atoms. The van der Waals surface area contributed by atoms with Gasteiger partial charge < -0.3 is 10.1 Å². The highest BCUT2D eigenvalue weighted by atomic mass is 16.5. The third-order valence-electron chi connectivity index (χ3n) is 4.51. The lowest BCUT2D eigenvalue weighted by Crippen LogP contribution is -2.30. The summed E-state index contributed by atoms with van der Waals surface area (Å²) in [7, 11) is 1.73. The smallest absolute Gasteiger partial charge is 0.119 e. The Balaban J connectivity index is 1.79. The van der Waals surface area contributed by atoms with E-state index in [1.807, 2.05) is 0 Å². The van der Waals surface area contributed by atoms with Gasteiger partial charge in [0.15, 0.2) is 0 Å². The van der Waals surface area contributed by atoms with E-state index in [0.29, 0.717) is 0 Å². The van der Waals surface area contributed by atoms with Crippen molar-refractivity contribution in [3.8, 4) is 5.75 Å². The third kappa shape index (κ3) is 2.26. The van der Waals surface area contributed by atoms with Crippen molar-refractivity contribution in [3.05, 3.63) is 77.4 Å². The summed E-state index contributed by atoms with van der Waals surface area (Å²) in [6, 6.07) is 21.9. The maximum absolute atomic E-state index is 5.36. The number of ether oxygens (including phenoxy) is 1. The zero-order valence-electron chi connectivity index (χ0n) is 12.7. The van der Waals surface area contributed by atoms with Crippen LogP contribution in [0.15, 0.2) is 60.7 Å². The number of benzene rings is 3. The van der Waals surface area contributed by atoms with Crippen LogP contribution in [-0.4, -0.2) is 13.7 Å². The van der Waals surface area contributed by atoms with Gasteiger partial charge in [0.25, 0.3) is 0 Å². The topological polar surface area (TPSA) is 21.3 Å². The molecule has 2 heteroatoms. The zero-order chi connectivity index (χ0) is 14.9. The first-order valence-corrected chi connectivity index (χ1v) is 7.74. The molecule has 3 aromatic rings. The molecule has 1 atom stereocenters. The monoisotopic (exact) mass is 289 g/mol. The number of hydrogen-bond donors (Lipinski definition) is 1. The molecule has 4 rings (SSSR count). The molecule has 0 fully saturated rings. The van der Waals surface area contributed by atoms with Crippen molar-refractivity contribution in [2.75, 3.05) is 13.7 Å². The molecule has 0 aromatic heterocycles. The van der Waals surface area contributed by atoms with Gasteiger partial charge in [0.1, 0.15) is 5.75 Å². The lowest BCUT2D eigenvalue weighted by molar-refractivity contribution is 0.413. The number of rotatable bonds is 2. The summed E-state index contributed by atoms with van der Waals surface area (Å²) in [5.41, 5.74) is 4.07. The highest BCUT2D eigenvalue weighted by molar-refractivity contribution is 5.83. The van der Waals surface area contributed by atoms with E-state index in [9.17, 15) is 0 Å². The molecule has 0 saturated carbocycles. The second-order valence-corrected chi connectivity index (χ2v) is 5.81. The van der Waals surface area contributed by atoms with E-state index >= 15 is 0 Å². The maximum atomic E-state index is 5.36. The molecule has 0 amide bonds. The minimum atomic E-state index is 0.263. The van der Waals surface area contributed by atoms with Gasteiger partial charge in [-0.05, 0) is 52.1 Å². The van der Waals surface area contributed by atoms with E-state index in [-0.39, 0.29) is 6.04 Å². The van der Waals surface area contributed by atoms with Crippen molar-refractivity contribution in [1.29, 1.82) is 0 Å². The van der Waals surface area contributed by atoms with E-state index in [2.05, 4.69) is 66.0 Å². The second kappa shape index (κ2) is 5.47. The first kappa shape index (κ1) is 13.4. The van der Waals surface area contributed by atoms with E-state index in [0.717, 1.165) is 18.7 Å². The molecule has 1 unspecified atom stereocenters. The Bertz CT molecular complexity index is 825. The molecule has 1 N–H and O–H groups in total. The van der Waals surface area contributed by atoms with Crippen LogP contribution >= 0.6 is 0 Å². The molecule has 110 valence electrons. The highest BCUT2D eigenvalue weighted by Crippen LogP contribution is 2.32. The van der Waals surface area contributed by atoms with Gasteiger partial charge in [0, 0.05) is 6.54 Å². The molecule has 0 radical (unpaired) electrons. The Kier molecular flexibility index (Phi) is 3.32. The Morgan fingerprint density at radius 1 is 0.955 bits per heavy atom. The molecule has 22 heavy (non-hydrogen) atoms. The second-order valence-electron chi connectivity index (χ2n) is 5.81. The van der Waals surface area contributed by atoms with Crippen LogP contribution in [0.4, 0.5) is 0 Å². The quantitative estimate of drug-likeness (QED) is 0.767. The fourth-order valence-corrected chi connectivity index (χ4v) is 3.35. The molecule has 1 aliphatic rings. The molecule has 1 aliphatic heterocycles. The summed E-state index contributed by atoms with van der Waals surface area (Å²) in [5.74, 6) is 0.943. The first-order chi connectivity index (χ1) is 10.8. The van der Waals surface area contributed by atoms with Gasteiger partial charge in [-0.2, -0.15) is 0 Å². The van der Waals surface area contributed by atoms with Gasteiger partial charge in [-0.3, -0.25) is 0 Å². The number of hydrogen-bond acceptors (Lipinski definition) is 2. The summed E-state index contributed by atoms with van der Waals surface area (Å²) >= 11 is 0. The van der Waals surface area contributed by atoms with Crippen molar-refractivity contribution in [3.63, 3.8) is 0 Å². The minimum absolute atomic E-state index is 0.263. The highest BCUT2D eigenvalue weighted by Gasteiger charge is 2.21. The number of nitrogens with one attached hydrogen (secondary N) is 1. The third-order valence-corrected chi connectivity index (χ3v) is 4.51. The Morgan fingerprint density at radius 2 is 1.82 bits per heavy atom. The standard InChI is InChI=1S/C20H19NO/c1-22-18-8-9-19-16(13-18)10-11-21-20(19)17-7-6-14-4-2-3-5-15(14)12-17/h2-9,12-13,20-21H,10-11H2,1H3. The molecule has 3 aromatic carbocycles. The summed E-state index contributed by atoms with van der Waals surface area (Å²) in [4.78, 5) is 0. The lowest BCUT2D eigenvalue weighted by Gasteiger charge is -2.28. The predicted octanol–water partition coefficient (Wildman–Crippen LogP) is 4.08. The van der Waals surface area contributed by atoms with Crippen molar-refractivity contribution >= 4 is 10.8 Å². The molecule has 2 nitrogen and oxygen atoms in total. The van der Waals surface area contributed by atoms with E-state index < -0.39 is 0 Å². The summed E-state index contributed by atoms with van der Waals surface area (Å²) in [5, 5.41) is 6.24. The van der Waals surface area contributed by atoms with Crippen LogP contribution in [0, 0.1) is 0 Å². The van der Waals surface area contributed by atoms with Crippen molar-refractivity contribution < 1.29 is 4.74 Å². The van der Waals surface area contributed by atoms with Crippen LogP contribution in [0.2, 0.25) is 0 Å². The summed E-state index contributed by atoms with van der Waals surface area (Å²) < 4.78 is 5.36. The molecule has 1 heterocycles. The van der Waals surface area contributed by atoms with E-state index in [1.54, 1.807) is 7.11 Å². The Labute approximate surface area is 130 Å². The van der Waals surface area contributed by atoms with Crippen LogP contribution in [0.3, 0.4) is 0 Å². The predicted molar refractivity (Wildman–Crippen MR) is 90.5 cm³/mol. The van der Waals surface area contributed by atoms with Crippen LogP contribution in [0.1, 0.15) is 22.7 Å². The average Bonchev–Trinajstić information content (AvgIpc) is 2.60. The van der Waals surface area contributed by atoms with Crippen LogP contribution in [0.25, 0.3) is 10.8 Å². The molecule has 0 aliphatic carbocycles. The number of fused-ring (bicyclic) bond motifs is 2. The summed E-state index contributed by atoms with van der Waals surface area (Å²) in [6.45, 7) is 0.998. The van der Waals surface area contributed by atoms with E-state index in [1.165, 1.54) is 27.5 Å². The van der Waals surface area contributed by atoms with Crippen LogP contribution < -0.4 is 10.1 Å². The van der Waals surface area contributed by atoms with Crippen molar-refractivity contribution in [2.45, 2.75) is 12.5 Å². The van der Waals surface area contributed by atoms with Gasteiger partial charge in [-0.25, -0.2) is 0 Å². The summed E-state index contributed by atoms with van der Waals surface area (Å²) in [6.07, 6.45) is 1.05. The molecule has 0 saturated heterocycles. The number of methoxy groups -OCH3 is 1. The van der Waals surface area contributed by atoms with Gasteiger partial charge in [-0.15, -0.1) is 0 Å². The normalized spacial score (nSPS) is 17.2. The average molecular weight is 289 g/mol. The largest absolute Gasteiger partial charge is 0.497 e. The minimum Gasteiger partial charge on any atom is -0.497 e.